The molecule has 0 aromatic heterocycles. The van der Waals surface area contributed by atoms with Gasteiger partial charge in [0.15, 0.2) is 0 Å². The summed E-state index contributed by atoms with van der Waals surface area (Å²) >= 11 is 5.77. The van der Waals surface area contributed by atoms with Crippen LogP contribution in [-0.2, 0) is 9.59 Å². The molecular formula is C13H17ClN2O2. The highest BCUT2D eigenvalue weighted by molar-refractivity contribution is 6.30. The van der Waals surface area contributed by atoms with E-state index >= 15 is 0 Å². The SMILES string of the molecule is CCC(C)C(=O)NC(C(N)=O)c1ccc(Cl)cc1. The second-order valence-electron chi connectivity index (χ2n) is 4.20. The molecular weight excluding hydrogens is 252 g/mol. The van der Waals surface area contributed by atoms with Crippen molar-refractivity contribution < 1.29 is 9.59 Å². The van der Waals surface area contributed by atoms with Gasteiger partial charge in [-0.05, 0) is 24.1 Å². The van der Waals surface area contributed by atoms with Crippen molar-refractivity contribution in [1.29, 1.82) is 0 Å². The molecule has 5 heteroatoms. The average molecular weight is 269 g/mol. The van der Waals surface area contributed by atoms with Gasteiger partial charge in [0.05, 0.1) is 0 Å². The predicted molar refractivity (Wildman–Crippen MR) is 71.0 cm³/mol. The number of halogens is 1. The van der Waals surface area contributed by atoms with Crippen molar-refractivity contribution in [3.63, 3.8) is 0 Å². The molecule has 2 atom stereocenters. The normalized spacial score (nSPS) is 13.7. The highest BCUT2D eigenvalue weighted by Gasteiger charge is 2.22. The number of carbonyl (C=O) groups excluding carboxylic acids is 2. The van der Waals surface area contributed by atoms with Gasteiger partial charge in [0.2, 0.25) is 11.8 Å². The Morgan fingerprint density at radius 3 is 2.33 bits per heavy atom. The van der Waals surface area contributed by atoms with E-state index < -0.39 is 11.9 Å². The Morgan fingerprint density at radius 2 is 1.89 bits per heavy atom. The third-order valence-electron chi connectivity index (χ3n) is 2.83. The van der Waals surface area contributed by atoms with Crippen LogP contribution in [0.1, 0.15) is 31.9 Å². The maximum Gasteiger partial charge on any atom is 0.244 e. The van der Waals surface area contributed by atoms with Gasteiger partial charge in [-0.1, -0.05) is 37.6 Å². The van der Waals surface area contributed by atoms with E-state index in [-0.39, 0.29) is 11.8 Å². The van der Waals surface area contributed by atoms with E-state index in [1.807, 2.05) is 6.92 Å². The van der Waals surface area contributed by atoms with Crippen molar-refractivity contribution in [2.24, 2.45) is 11.7 Å². The Morgan fingerprint density at radius 1 is 1.33 bits per heavy atom. The Labute approximate surface area is 112 Å². The first-order chi connectivity index (χ1) is 8.45. The fraction of sp³-hybridized carbons (Fsp3) is 0.385. The van der Waals surface area contributed by atoms with Crippen LogP contribution in [0, 0.1) is 5.92 Å². The molecule has 0 aliphatic heterocycles. The number of amides is 2. The standard InChI is InChI=1S/C13H17ClN2O2/c1-3-8(2)13(18)16-11(12(15)17)9-4-6-10(14)7-5-9/h4-8,11H,3H2,1-2H3,(H2,15,17)(H,16,18). The zero-order chi connectivity index (χ0) is 13.7. The molecule has 0 heterocycles. The van der Waals surface area contributed by atoms with Crippen LogP contribution in [0.5, 0.6) is 0 Å². The Balaban J connectivity index is 2.87. The quantitative estimate of drug-likeness (QED) is 0.858. The number of carbonyl (C=O) groups is 2. The number of nitrogens with one attached hydrogen (secondary N) is 1. The summed E-state index contributed by atoms with van der Waals surface area (Å²) in [5, 5.41) is 3.21. The van der Waals surface area contributed by atoms with Gasteiger partial charge in [0.1, 0.15) is 6.04 Å². The van der Waals surface area contributed by atoms with Gasteiger partial charge in [-0.25, -0.2) is 0 Å². The summed E-state index contributed by atoms with van der Waals surface area (Å²) in [7, 11) is 0. The van der Waals surface area contributed by atoms with Crippen LogP contribution < -0.4 is 11.1 Å². The van der Waals surface area contributed by atoms with Crippen LogP contribution in [0.25, 0.3) is 0 Å². The molecule has 0 bridgehead atoms. The molecule has 0 saturated carbocycles. The van der Waals surface area contributed by atoms with Gasteiger partial charge in [-0.2, -0.15) is 0 Å². The molecule has 18 heavy (non-hydrogen) atoms. The van der Waals surface area contributed by atoms with Crippen molar-refractivity contribution >= 4 is 23.4 Å². The highest BCUT2D eigenvalue weighted by atomic mass is 35.5. The summed E-state index contributed by atoms with van der Waals surface area (Å²) in [6.45, 7) is 3.71. The molecule has 0 saturated heterocycles. The van der Waals surface area contributed by atoms with Crippen LogP contribution in [0.3, 0.4) is 0 Å². The maximum atomic E-state index is 11.8. The van der Waals surface area contributed by atoms with E-state index in [0.29, 0.717) is 17.0 Å². The maximum absolute atomic E-state index is 11.8. The monoisotopic (exact) mass is 268 g/mol. The van der Waals surface area contributed by atoms with Crippen molar-refractivity contribution in [2.75, 3.05) is 0 Å². The summed E-state index contributed by atoms with van der Waals surface area (Å²) in [4.78, 5) is 23.2. The zero-order valence-electron chi connectivity index (χ0n) is 10.4. The van der Waals surface area contributed by atoms with Gasteiger partial charge in [0, 0.05) is 10.9 Å². The summed E-state index contributed by atoms with van der Waals surface area (Å²) in [6, 6.07) is 5.84. The smallest absolute Gasteiger partial charge is 0.244 e. The number of rotatable bonds is 5. The molecule has 1 rings (SSSR count). The molecule has 3 N–H and O–H groups in total. The van der Waals surface area contributed by atoms with Gasteiger partial charge in [-0.15, -0.1) is 0 Å². The first-order valence-electron chi connectivity index (χ1n) is 5.80. The van der Waals surface area contributed by atoms with Crippen molar-refractivity contribution in [3.8, 4) is 0 Å². The van der Waals surface area contributed by atoms with E-state index in [9.17, 15) is 9.59 Å². The minimum absolute atomic E-state index is 0.154. The number of hydrogen-bond donors (Lipinski definition) is 2. The van der Waals surface area contributed by atoms with Crippen molar-refractivity contribution in [2.45, 2.75) is 26.3 Å². The molecule has 1 aromatic rings. The van der Waals surface area contributed by atoms with E-state index in [1.165, 1.54) is 0 Å². The molecule has 4 nitrogen and oxygen atoms in total. The van der Waals surface area contributed by atoms with Crippen LogP contribution in [0.15, 0.2) is 24.3 Å². The van der Waals surface area contributed by atoms with Crippen LogP contribution in [0.4, 0.5) is 0 Å². The van der Waals surface area contributed by atoms with E-state index in [4.69, 9.17) is 17.3 Å². The fourth-order valence-electron chi connectivity index (χ4n) is 1.44. The number of benzene rings is 1. The van der Waals surface area contributed by atoms with Crippen molar-refractivity contribution in [3.05, 3.63) is 34.9 Å². The minimum atomic E-state index is -0.816. The van der Waals surface area contributed by atoms with E-state index in [2.05, 4.69) is 5.32 Å². The molecule has 0 fully saturated rings. The summed E-state index contributed by atoms with van der Waals surface area (Å²) in [6.07, 6.45) is 0.706. The first-order valence-corrected chi connectivity index (χ1v) is 6.18. The Hall–Kier alpha value is -1.55. The third-order valence-corrected chi connectivity index (χ3v) is 3.09. The molecule has 0 aliphatic rings. The van der Waals surface area contributed by atoms with Crippen molar-refractivity contribution in [1.82, 2.24) is 5.32 Å². The second kappa shape index (κ2) is 6.40. The van der Waals surface area contributed by atoms with Crippen LogP contribution in [-0.4, -0.2) is 11.8 Å². The van der Waals surface area contributed by atoms with Gasteiger partial charge in [-0.3, -0.25) is 9.59 Å². The highest BCUT2D eigenvalue weighted by Crippen LogP contribution is 2.17. The van der Waals surface area contributed by atoms with Crippen LogP contribution in [0.2, 0.25) is 5.02 Å². The molecule has 1 aromatic carbocycles. The summed E-state index contributed by atoms with van der Waals surface area (Å²) in [5.41, 5.74) is 5.94. The molecule has 0 radical (unpaired) electrons. The van der Waals surface area contributed by atoms with Gasteiger partial charge in [0.25, 0.3) is 0 Å². The fourth-order valence-corrected chi connectivity index (χ4v) is 1.57. The third kappa shape index (κ3) is 3.74. The Kier molecular flexibility index (Phi) is 5.16. The molecule has 2 amide bonds. The number of hydrogen-bond acceptors (Lipinski definition) is 2. The number of primary amides is 1. The van der Waals surface area contributed by atoms with E-state index in [1.54, 1.807) is 31.2 Å². The molecule has 2 unspecified atom stereocenters. The molecule has 98 valence electrons. The molecule has 0 aliphatic carbocycles. The van der Waals surface area contributed by atoms with Gasteiger partial charge >= 0.3 is 0 Å². The first kappa shape index (κ1) is 14.5. The zero-order valence-corrected chi connectivity index (χ0v) is 11.2. The number of nitrogens with two attached hydrogens (primary N) is 1. The average Bonchev–Trinajstić information content (AvgIpc) is 2.35. The van der Waals surface area contributed by atoms with Gasteiger partial charge < -0.3 is 11.1 Å². The lowest BCUT2D eigenvalue weighted by Crippen LogP contribution is -2.39. The summed E-state index contributed by atoms with van der Waals surface area (Å²) in [5.74, 6) is -0.927. The second-order valence-corrected chi connectivity index (χ2v) is 4.64. The molecule has 0 spiro atoms. The Bertz CT molecular complexity index is 431. The van der Waals surface area contributed by atoms with Crippen LogP contribution >= 0.6 is 11.6 Å². The largest absolute Gasteiger partial charge is 0.368 e. The minimum Gasteiger partial charge on any atom is -0.368 e. The predicted octanol–water partition coefficient (Wildman–Crippen LogP) is 2.03. The summed E-state index contributed by atoms with van der Waals surface area (Å²) < 4.78 is 0. The van der Waals surface area contributed by atoms with E-state index in [0.717, 1.165) is 0 Å². The lowest BCUT2D eigenvalue weighted by atomic mass is 10.0. The lowest BCUT2D eigenvalue weighted by Gasteiger charge is -2.18. The lowest BCUT2D eigenvalue weighted by molar-refractivity contribution is -0.129. The topological polar surface area (TPSA) is 72.2 Å².